The maximum Gasteiger partial charge on any atom is 0.263 e. The highest BCUT2D eigenvalue weighted by Gasteiger charge is 2.28. The standard InChI is InChI=1S/C23H20Cl2N2O4S/c1-15-23(28)27(13-16-5-2-3-8-21(16)25)14-17-11-19(9-10-22(17)31-15)26-32(29,30)20-7-4-6-18(24)12-20/h2-12,15,26H,13-14H2,1H3/t15-/m0/s1. The van der Waals surface area contributed by atoms with E-state index in [4.69, 9.17) is 27.9 Å². The second kappa shape index (κ2) is 9.02. The van der Waals surface area contributed by atoms with E-state index in [0.29, 0.717) is 33.6 Å². The van der Waals surface area contributed by atoms with Crippen LogP contribution in [-0.4, -0.2) is 25.3 Å². The predicted octanol–water partition coefficient (Wildman–Crippen LogP) is 5.10. The van der Waals surface area contributed by atoms with Crippen molar-refractivity contribution in [3.63, 3.8) is 0 Å². The van der Waals surface area contributed by atoms with Crippen LogP contribution in [0.4, 0.5) is 5.69 Å². The minimum atomic E-state index is -3.83. The third-order valence-electron chi connectivity index (χ3n) is 5.06. The van der Waals surface area contributed by atoms with Gasteiger partial charge in [0.05, 0.1) is 4.90 Å². The van der Waals surface area contributed by atoms with Gasteiger partial charge >= 0.3 is 0 Å². The van der Waals surface area contributed by atoms with Crippen LogP contribution in [0.3, 0.4) is 0 Å². The van der Waals surface area contributed by atoms with Crippen LogP contribution in [0.2, 0.25) is 10.0 Å². The van der Waals surface area contributed by atoms with Gasteiger partial charge in [-0.15, -0.1) is 0 Å². The molecule has 0 spiro atoms. The molecule has 0 radical (unpaired) electrons. The highest BCUT2D eigenvalue weighted by Crippen LogP contribution is 2.31. The molecule has 32 heavy (non-hydrogen) atoms. The molecule has 0 bridgehead atoms. The highest BCUT2D eigenvalue weighted by molar-refractivity contribution is 7.92. The molecule has 166 valence electrons. The Morgan fingerprint density at radius 3 is 2.59 bits per heavy atom. The number of hydrogen-bond acceptors (Lipinski definition) is 4. The lowest BCUT2D eigenvalue weighted by molar-refractivity contribution is -0.138. The average Bonchev–Trinajstić information content (AvgIpc) is 2.86. The number of ether oxygens (including phenoxy) is 1. The summed E-state index contributed by atoms with van der Waals surface area (Å²) in [5.41, 5.74) is 1.85. The quantitative estimate of drug-likeness (QED) is 0.539. The fraction of sp³-hybridized carbons (Fsp3) is 0.174. The summed E-state index contributed by atoms with van der Waals surface area (Å²) >= 11 is 12.2. The van der Waals surface area contributed by atoms with Gasteiger partial charge in [-0.1, -0.05) is 47.5 Å². The molecule has 4 rings (SSSR count). The molecule has 9 heteroatoms. The number of carbonyl (C=O) groups is 1. The number of carbonyl (C=O) groups excluding carboxylic acids is 1. The Hall–Kier alpha value is -2.74. The number of nitrogens with one attached hydrogen (secondary N) is 1. The Labute approximate surface area is 196 Å². The first kappa shape index (κ1) is 22.5. The molecule has 3 aromatic rings. The Morgan fingerprint density at radius 2 is 1.84 bits per heavy atom. The molecule has 0 saturated carbocycles. The Bertz CT molecular complexity index is 1280. The van der Waals surface area contributed by atoms with Gasteiger partial charge in [-0.2, -0.15) is 0 Å². The van der Waals surface area contributed by atoms with E-state index < -0.39 is 16.1 Å². The summed E-state index contributed by atoms with van der Waals surface area (Å²) in [5, 5.41) is 0.896. The minimum absolute atomic E-state index is 0.0559. The molecule has 0 unspecified atom stereocenters. The van der Waals surface area contributed by atoms with Crippen molar-refractivity contribution in [3.05, 3.63) is 87.9 Å². The van der Waals surface area contributed by atoms with Gasteiger partial charge in [-0.05, 0) is 55.0 Å². The molecule has 1 N–H and O–H groups in total. The Kier molecular flexibility index (Phi) is 6.33. The van der Waals surface area contributed by atoms with Gasteiger partial charge in [0.1, 0.15) is 5.75 Å². The molecular weight excluding hydrogens is 471 g/mol. The van der Waals surface area contributed by atoms with Crippen molar-refractivity contribution in [2.45, 2.75) is 31.0 Å². The Morgan fingerprint density at radius 1 is 1.06 bits per heavy atom. The largest absolute Gasteiger partial charge is 0.481 e. The Balaban J connectivity index is 1.62. The van der Waals surface area contributed by atoms with Crippen molar-refractivity contribution >= 4 is 44.8 Å². The normalized spacial score (nSPS) is 16.2. The number of halogens is 2. The van der Waals surface area contributed by atoms with E-state index in [-0.39, 0.29) is 17.3 Å². The SMILES string of the molecule is C[C@@H]1Oc2ccc(NS(=O)(=O)c3cccc(Cl)c3)cc2CN(Cc2ccccc2Cl)C1=O. The molecule has 1 atom stereocenters. The third-order valence-corrected chi connectivity index (χ3v) is 7.05. The topological polar surface area (TPSA) is 75.7 Å². The zero-order valence-corrected chi connectivity index (χ0v) is 19.4. The maximum atomic E-state index is 12.9. The number of nitrogens with zero attached hydrogens (tertiary/aromatic N) is 1. The predicted molar refractivity (Wildman–Crippen MR) is 124 cm³/mol. The summed E-state index contributed by atoms with van der Waals surface area (Å²) in [6.07, 6.45) is -0.687. The summed E-state index contributed by atoms with van der Waals surface area (Å²) in [6, 6.07) is 18.3. The number of amides is 1. The molecule has 0 saturated heterocycles. The van der Waals surface area contributed by atoms with Crippen LogP contribution in [0.1, 0.15) is 18.1 Å². The van der Waals surface area contributed by atoms with E-state index in [9.17, 15) is 13.2 Å². The van der Waals surface area contributed by atoms with Crippen molar-refractivity contribution in [2.75, 3.05) is 4.72 Å². The smallest absolute Gasteiger partial charge is 0.263 e. The van der Waals surface area contributed by atoms with Crippen molar-refractivity contribution in [1.29, 1.82) is 0 Å². The number of sulfonamides is 1. The molecule has 0 aliphatic carbocycles. The first-order chi connectivity index (χ1) is 15.2. The molecule has 1 aliphatic rings. The van der Waals surface area contributed by atoms with Gasteiger partial charge in [-0.25, -0.2) is 8.42 Å². The minimum Gasteiger partial charge on any atom is -0.481 e. The van der Waals surface area contributed by atoms with Crippen LogP contribution in [0.15, 0.2) is 71.6 Å². The van der Waals surface area contributed by atoms with E-state index in [1.165, 1.54) is 12.1 Å². The fourth-order valence-electron chi connectivity index (χ4n) is 3.48. The first-order valence-electron chi connectivity index (χ1n) is 9.83. The van der Waals surface area contributed by atoms with E-state index in [1.807, 2.05) is 18.2 Å². The van der Waals surface area contributed by atoms with Crippen molar-refractivity contribution < 1.29 is 17.9 Å². The number of rotatable bonds is 5. The van der Waals surface area contributed by atoms with Gasteiger partial charge in [-0.3, -0.25) is 9.52 Å². The molecular formula is C23H20Cl2N2O4S. The van der Waals surface area contributed by atoms with Crippen molar-refractivity contribution in [3.8, 4) is 5.75 Å². The first-order valence-corrected chi connectivity index (χ1v) is 12.1. The van der Waals surface area contributed by atoms with E-state index in [0.717, 1.165) is 5.56 Å². The number of fused-ring (bicyclic) bond motifs is 1. The maximum absolute atomic E-state index is 12.9. The van der Waals surface area contributed by atoms with E-state index in [2.05, 4.69) is 4.72 Å². The van der Waals surface area contributed by atoms with Crippen LogP contribution in [-0.2, 0) is 27.9 Å². The van der Waals surface area contributed by atoms with Crippen LogP contribution >= 0.6 is 23.2 Å². The van der Waals surface area contributed by atoms with Crippen molar-refractivity contribution in [2.24, 2.45) is 0 Å². The number of anilines is 1. The zero-order chi connectivity index (χ0) is 22.9. The number of hydrogen-bond donors (Lipinski definition) is 1. The van der Waals surface area contributed by atoms with E-state index >= 15 is 0 Å². The molecule has 1 aliphatic heterocycles. The monoisotopic (exact) mass is 490 g/mol. The zero-order valence-electron chi connectivity index (χ0n) is 17.1. The molecule has 0 aromatic heterocycles. The summed E-state index contributed by atoms with van der Waals surface area (Å²) in [6.45, 7) is 2.24. The van der Waals surface area contributed by atoms with Gasteiger partial charge in [0.2, 0.25) is 0 Å². The van der Waals surface area contributed by atoms with Crippen LogP contribution in [0.5, 0.6) is 5.75 Å². The second-order valence-electron chi connectivity index (χ2n) is 7.43. The molecule has 3 aromatic carbocycles. The van der Waals surface area contributed by atoms with Gasteiger partial charge in [0.25, 0.3) is 15.9 Å². The molecule has 1 amide bonds. The molecule has 0 fully saturated rings. The third kappa shape index (κ3) is 4.85. The van der Waals surface area contributed by atoms with Gasteiger partial charge in [0.15, 0.2) is 6.10 Å². The van der Waals surface area contributed by atoms with Crippen molar-refractivity contribution in [1.82, 2.24) is 4.90 Å². The van der Waals surface area contributed by atoms with Gasteiger partial charge in [0, 0.05) is 34.4 Å². The highest BCUT2D eigenvalue weighted by atomic mass is 35.5. The van der Waals surface area contributed by atoms with E-state index in [1.54, 1.807) is 48.2 Å². The lowest BCUT2D eigenvalue weighted by Gasteiger charge is -2.22. The second-order valence-corrected chi connectivity index (χ2v) is 9.96. The summed E-state index contributed by atoms with van der Waals surface area (Å²) in [5.74, 6) is 0.348. The molecule has 1 heterocycles. The average molecular weight is 491 g/mol. The van der Waals surface area contributed by atoms with Crippen LogP contribution in [0, 0.1) is 0 Å². The summed E-state index contributed by atoms with van der Waals surface area (Å²) in [4.78, 5) is 14.6. The van der Waals surface area contributed by atoms with Crippen LogP contribution in [0.25, 0.3) is 0 Å². The molecule has 6 nitrogen and oxygen atoms in total. The summed E-state index contributed by atoms with van der Waals surface area (Å²) in [7, 11) is -3.83. The van der Waals surface area contributed by atoms with Gasteiger partial charge < -0.3 is 9.64 Å². The number of benzene rings is 3. The van der Waals surface area contributed by atoms with Crippen LogP contribution < -0.4 is 9.46 Å². The fourth-order valence-corrected chi connectivity index (χ4v) is 5.02. The lowest BCUT2D eigenvalue weighted by atomic mass is 10.1. The lowest BCUT2D eigenvalue weighted by Crippen LogP contribution is -2.37. The summed E-state index contributed by atoms with van der Waals surface area (Å²) < 4.78 is 33.9.